The van der Waals surface area contributed by atoms with Crippen LogP contribution >= 0.6 is 46.4 Å². The van der Waals surface area contributed by atoms with Crippen LogP contribution in [0, 0.1) is 0 Å². The van der Waals surface area contributed by atoms with Crippen molar-refractivity contribution in [1.29, 1.82) is 0 Å². The number of alkyl halides is 4. The summed E-state index contributed by atoms with van der Waals surface area (Å²) < 4.78 is 0. The zero-order valence-corrected chi connectivity index (χ0v) is 7.86. The maximum Gasteiger partial charge on any atom is 0.0359 e. The normalized spacial score (nSPS) is 6.67. The minimum atomic E-state index is 0. The summed E-state index contributed by atoms with van der Waals surface area (Å²) in [4.78, 5) is 0. The Morgan fingerprint density at radius 2 is 0.667 bits per heavy atom. The van der Waals surface area contributed by atoms with Crippen LogP contribution in [0.5, 0.6) is 0 Å². The molecule has 0 aliphatic heterocycles. The molecule has 0 spiro atoms. The lowest BCUT2D eigenvalue weighted by Crippen LogP contribution is -1.63. The van der Waals surface area contributed by atoms with Gasteiger partial charge in [-0.25, -0.2) is 0 Å². The Morgan fingerprint density at radius 3 is 0.667 bits per heavy atom. The first-order chi connectivity index (χ1) is 3.83. The highest BCUT2D eigenvalue weighted by Gasteiger charge is 1.62. The van der Waals surface area contributed by atoms with Gasteiger partial charge < -0.3 is 5.48 Å². The highest BCUT2D eigenvalue weighted by molar-refractivity contribution is 6.26. The molecule has 0 heterocycles. The molecule has 0 saturated carbocycles. The van der Waals surface area contributed by atoms with E-state index >= 15 is 0 Å². The Hall–Kier alpha value is 1.12. The van der Waals surface area contributed by atoms with E-state index in [0.29, 0.717) is 23.5 Å². The summed E-state index contributed by atoms with van der Waals surface area (Å²) >= 11 is 20.2. The van der Waals surface area contributed by atoms with E-state index in [9.17, 15) is 0 Å². The van der Waals surface area contributed by atoms with Gasteiger partial charge >= 0.3 is 0 Å². The van der Waals surface area contributed by atoms with Gasteiger partial charge in [-0.3, -0.25) is 0 Å². The SMILES string of the molecule is ClCCCl.ClCCCl.O. The molecule has 0 rings (SSSR count). The molecule has 9 heavy (non-hydrogen) atoms. The van der Waals surface area contributed by atoms with Gasteiger partial charge in [-0.05, 0) is 0 Å². The van der Waals surface area contributed by atoms with Gasteiger partial charge in [0.1, 0.15) is 0 Å². The molecule has 0 aromatic carbocycles. The van der Waals surface area contributed by atoms with E-state index in [1.54, 1.807) is 0 Å². The molecular formula is C4H10Cl4O. The molecule has 5 heteroatoms. The van der Waals surface area contributed by atoms with Crippen LogP contribution in [0.2, 0.25) is 0 Å². The molecule has 1 nitrogen and oxygen atoms in total. The molecule has 0 unspecified atom stereocenters. The molecule has 0 amide bonds. The second kappa shape index (κ2) is 22.9. The lowest BCUT2D eigenvalue weighted by molar-refractivity contribution is 0.824. The van der Waals surface area contributed by atoms with Crippen molar-refractivity contribution in [3.05, 3.63) is 0 Å². The number of hydrogen-bond acceptors (Lipinski definition) is 0. The first-order valence-corrected chi connectivity index (χ1v) is 4.21. The minimum Gasteiger partial charge on any atom is -0.412 e. The third-order valence-corrected chi connectivity index (χ3v) is 1.29. The quantitative estimate of drug-likeness (QED) is 0.633. The van der Waals surface area contributed by atoms with Crippen molar-refractivity contribution in [2.24, 2.45) is 0 Å². The molecule has 0 atom stereocenters. The summed E-state index contributed by atoms with van der Waals surface area (Å²) in [5.74, 6) is 2.23. The molecule has 0 fully saturated rings. The van der Waals surface area contributed by atoms with Crippen LogP contribution in [0.25, 0.3) is 0 Å². The molecule has 60 valence electrons. The van der Waals surface area contributed by atoms with Gasteiger partial charge in [-0.15, -0.1) is 46.4 Å². The molecule has 0 bridgehead atoms. The Balaban J connectivity index is -0.0000000720. The van der Waals surface area contributed by atoms with E-state index in [4.69, 9.17) is 46.4 Å². The first kappa shape index (κ1) is 16.6. The van der Waals surface area contributed by atoms with Crippen LogP contribution in [0.1, 0.15) is 0 Å². The van der Waals surface area contributed by atoms with Crippen molar-refractivity contribution in [1.82, 2.24) is 0 Å². The van der Waals surface area contributed by atoms with Crippen molar-refractivity contribution in [2.45, 2.75) is 0 Å². The van der Waals surface area contributed by atoms with Gasteiger partial charge in [0.2, 0.25) is 0 Å². The monoisotopic (exact) mass is 214 g/mol. The van der Waals surface area contributed by atoms with Crippen molar-refractivity contribution >= 4 is 46.4 Å². The smallest absolute Gasteiger partial charge is 0.0359 e. The lowest BCUT2D eigenvalue weighted by Gasteiger charge is -1.63. The summed E-state index contributed by atoms with van der Waals surface area (Å²) in [5, 5.41) is 0. The van der Waals surface area contributed by atoms with Gasteiger partial charge in [0.25, 0.3) is 0 Å². The van der Waals surface area contributed by atoms with Crippen LogP contribution in [-0.2, 0) is 0 Å². The Kier molecular flexibility index (Phi) is 42.3. The Labute approximate surface area is 75.5 Å². The summed E-state index contributed by atoms with van der Waals surface area (Å²) in [5.41, 5.74) is 0. The van der Waals surface area contributed by atoms with Crippen LogP contribution in [0.3, 0.4) is 0 Å². The molecule has 2 N–H and O–H groups in total. The third kappa shape index (κ3) is 47.5. The van der Waals surface area contributed by atoms with Crippen LogP contribution in [0.4, 0.5) is 0 Å². The van der Waals surface area contributed by atoms with E-state index < -0.39 is 0 Å². The second-order valence-corrected chi connectivity index (χ2v) is 2.27. The van der Waals surface area contributed by atoms with Crippen molar-refractivity contribution < 1.29 is 5.48 Å². The first-order valence-electron chi connectivity index (χ1n) is 2.07. The van der Waals surface area contributed by atoms with Crippen molar-refractivity contribution in [2.75, 3.05) is 23.5 Å². The predicted molar refractivity (Wildman–Crippen MR) is 46.5 cm³/mol. The lowest BCUT2D eigenvalue weighted by atomic mass is 11.0. The van der Waals surface area contributed by atoms with E-state index in [1.807, 2.05) is 0 Å². The zero-order chi connectivity index (χ0) is 6.83. The van der Waals surface area contributed by atoms with Gasteiger partial charge in [0.15, 0.2) is 0 Å². The highest BCUT2D eigenvalue weighted by Crippen LogP contribution is 1.75. The summed E-state index contributed by atoms with van der Waals surface area (Å²) in [6, 6.07) is 0. The van der Waals surface area contributed by atoms with Gasteiger partial charge in [-0.1, -0.05) is 0 Å². The van der Waals surface area contributed by atoms with Crippen LogP contribution in [-0.4, -0.2) is 29.0 Å². The molecular weight excluding hydrogens is 206 g/mol. The highest BCUT2D eigenvalue weighted by atomic mass is 35.5. The standard InChI is InChI=1S/2C2H4Cl2.H2O/c2*3-1-2-4;/h2*1-2H2;1H2. The maximum atomic E-state index is 5.05. The Morgan fingerprint density at radius 1 is 0.556 bits per heavy atom. The van der Waals surface area contributed by atoms with E-state index in [2.05, 4.69) is 0 Å². The largest absolute Gasteiger partial charge is 0.412 e. The number of halogens is 4. The average molecular weight is 216 g/mol. The second-order valence-electron chi connectivity index (χ2n) is 0.756. The topological polar surface area (TPSA) is 31.5 Å². The Bertz CT molecular complexity index is 20.5. The van der Waals surface area contributed by atoms with E-state index in [1.165, 1.54) is 0 Å². The molecule has 0 aliphatic rings. The van der Waals surface area contributed by atoms with Crippen molar-refractivity contribution in [3.63, 3.8) is 0 Å². The molecule has 0 aromatic heterocycles. The minimum absolute atomic E-state index is 0. The number of rotatable bonds is 2. The average Bonchev–Trinajstić information content (AvgIpc) is 1.88. The fourth-order valence-electron chi connectivity index (χ4n) is 0. The van der Waals surface area contributed by atoms with Gasteiger partial charge in [0, 0.05) is 23.5 Å². The fraction of sp³-hybridized carbons (Fsp3) is 1.00. The predicted octanol–water partition coefficient (Wildman–Crippen LogP) is 2.10. The summed E-state index contributed by atoms with van der Waals surface area (Å²) in [6.07, 6.45) is 0. The molecule has 0 aromatic rings. The van der Waals surface area contributed by atoms with Crippen LogP contribution in [0.15, 0.2) is 0 Å². The number of hydrogen-bond donors (Lipinski definition) is 0. The molecule has 0 aliphatic carbocycles. The molecule has 0 radical (unpaired) electrons. The van der Waals surface area contributed by atoms with E-state index in [0.717, 1.165) is 0 Å². The summed E-state index contributed by atoms with van der Waals surface area (Å²) in [6.45, 7) is 0. The van der Waals surface area contributed by atoms with Crippen molar-refractivity contribution in [3.8, 4) is 0 Å². The summed E-state index contributed by atoms with van der Waals surface area (Å²) in [7, 11) is 0. The van der Waals surface area contributed by atoms with Gasteiger partial charge in [0.05, 0.1) is 0 Å². The third-order valence-electron chi connectivity index (χ3n) is 0.143. The molecule has 0 saturated heterocycles. The van der Waals surface area contributed by atoms with Gasteiger partial charge in [-0.2, -0.15) is 0 Å². The van der Waals surface area contributed by atoms with Crippen LogP contribution < -0.4 is 0 Å². The fourth-order valence-corrected chi connectivity index (χ4v) is 0. The van der Waals surface area contributed by atoms with E-state index in [-0.39, 0.29) is 5.48 Å². The maximum absolute atomic E-state index is 5.05. The zero-order valence-electron chi connectivity index (χ0n) is 4.84.